The molecule has 2 unspecified atom stereocenters. The van der Waals surface area contributed by atoms with Crippen molar-refractivity contribution in [3.63, 3.8) is 0 Å². The van der Waals surface area contributed by atoms with E-state index in [2.05, 4.69) is 46.9 Å². The van der Waals surface area contributed by atoms with Gasteiger partial charge in [0.15, 0.2) is 0 Å². The lowest BCUT2D eigenvalue weighted by Crippen LogP contribution is -2.35. The summed E-state index contributed by atoms with van der Waals surface area (Å²) >= 11 is 0. The van der Waals surface area contributed by atoms with Gasteiger partial charge in [0.1, 0.15) is 0 Å². The fraction of sp³-hybridized carbons (Fsp3) is 0.333. The number of fused-ring (bicyclic) bond motifs is 2. The zero-order valence-corrected chi connectivity index (χ0v) is 7.90. The number of allylic oxidation sites excluding steroid dienone is 2. The van der Waals surface area contributed by atoms with E-state index >= 15 is 0 Å². The molecule has 70 valence electrons. The molecule has 0 saturated carbocycles. The van der Waals surface area contributed by atoms with Crippen molar-refractivity contribution in [3.8, 4) is 0 Å². The fourth-order valence-corrected chi connectivity index (χ4v) is 2.06. The lowest BCUT2D eigenvalue weighted by molar-refractivity contribution is 0.386. The van der Waals surface area contributed by atoms with Crippen LogP contribution in [0.3, 0.4) is 0 Å². The van der Waals surface area contributed by atoms with Crippen LogP contribution in [0.5, 0.6) is 0 Å². The van der Waals surface area contributed by atoms with E-state index in [1.54, 1.807) is 0 Å². The van der Waals surface area contributed by atoms with Gasteiger partial charge in [-0.05, 0) is 24.1 Å². The molecule has 0 bridgehead atoms. The van der Waals surface area contributed by atoms with Crippen LogP contribution in [0.1, 0.15) is 6.42 Å². The van der Waals surface area contributed by atoms with E-state index in [4.69, 9.17) is 0 Å². The molecule has 0 aromatic rings. The zero-order valence-electron chi connectivity index (χ0n) is 7.90. The molecule has 0 fully saturated rings. The van der Waals surface area contributed by atoms with E-state index in [0.29, 0.717) is 12.1 Å². The second-order valence-electron chi connectivity index (χ2n) is 3.82. The van der Waals surface area contributed by atoms with Gasteiger partial charge in [0, 0.05) is 25.0 Å². The van der Waals surface area contributed by atoms with Crippen LogP contribution in [0.4, 0.5) is 0 Å². The molecule has 1 aliphatic carbocycles. The van der Waals surface area contributed by atoms with Gasteiger partial charge in [0.2, 0.25) is 0 Å². The first-order valence-corrected chi connectivity index (χ1v) is 4.99. The second-order valence-corrected chi connectivity index (χ2v) is 3.82. The normalized spacial score (nSPS) is 33.7. The quantitative estimate of drug-likeness (QED) is 0.608. The van der Waals surface area contributed by atoms with Crippen LogP contribution in [-0.2, 0) is 0 Å². The summed E-state index contributed by atoms with van der Waals surface area (Å²) in [7, 11) is 0. The van der Waals surface area contributed by atoms with E-state index in [1.165, 1.54) is 5.57 Å². The summed E-state index contributed by atoms with van der Waals surface area (Å²) in [5.74, 6) is 0. The van der Waals surface area contributed by atoms with Crippen molar-refractivity contribution in [2.45, 2.75) is 18.5 Å². The minimum Gasteiger partial charge on any atom is -0.349 e. The Hall–Kier alpha value is -1.28. The average molecular weight is 184 g/mol. The van der Waals surface area contributed by atoms with Gasteiger partial charge in [-0.1, -0.05) is 18.2 Å². The summed E-state index contributed by atoms with van der Waals surface area (Å²) in [5, 5.41) is 3.52. The Morgan fingerprint density at radius 1 is 1.50 bits per heavy atom. The van der Waals surface area contributed by atoms with Gasteiger partial charge in [-0.3, -0.25) is 0 Å². The standard InChI is InChI=1S/C12H12N2/c1-2-6-12-10(4-1)9-14-7-3-5-11(14)8-13-12/h1,4,6-7,9,11-13H,5,8H2. The maximum Gasteiger partial charge on any atom is 0.0530 e. The van der Waals surface area contributed by atoms with Gasteiger partial charge in [-0.25, -0.2) is 0 Å². The molecule has 0 aromatic carbocycles. The lowest BCUT2D eigenvalue weighted by atomic mass is 10.0. The second kappa shape index (κ2) is 3.14. The molecule has 2 heterocycles. The van der Waals surface area contributed by atoms with E-state index < -0.39 is 0 Å². The van der Waals surface area contributed by atoms with Crippen LogP contribution < -0.4 is 5.32 Å². The SMILES string of the molecule is [C]1=CC2NCC3C[C]=CN3C=C2C=C1. The Balaban J connectivity index is 1.94. The first kappa shape index (κ1) is 8.06. The molecule has 3 aliphatic rings. The maximum atomic E-state index is 3.52. The topological polar surface area (TPSA) is 15.3 Å². The third kappa shape index (κ3) is 1.23. The van der Waals surface area contributed by atoms with Gasteiger partial charge in [0.05, 0.1) is 6.04 Å². The van der Waals surface area contributed by atoms with Crippen molar-refractivity contribution in [2.75, 3.05) is 6.54 Å². The Labute approximate surface area is 84.3 Å². The zero-order chi connectivity index (χ0) is 9.38. The molecule has 2 nitrogen and oxygen atoms in total. The molecular formula is C12H12N2. The molecule has 14 heavy (non-hydrogen) atoms. The smallest absolute Gasteiger partial charge is 0.0530 e. The summed E-state index contributed by atoms with van der Waals surface area (Å²) in [6.45, 7) is 1.01. The first-order valence-electron chi connectivity index (χ1n) is 4.99. The summed E-state index contributed by atoms with van der Waals surface area (Å²) < 4.78 is 0. The molecule has 1 N–H and O–H groups in total. The lowest BCUT2D eigenvalue weighted by Gasteiger charge is -2.19. The number of hydrogen-bond donors (Lipinski definition) is 1. The predicted molar refractivity (Wildman–Crippen MR) is 54.9 cm³/mol. The molecule has 0 amide bonds. The predicted octanol–water partition coefficient (Wildman–Crippen LogP) is 1.16. The van der Waals surface area contributed by atoms with Crippen LogP contribution in [0.25, 0.3) is 0 Å². The Bertz CT molecular complexity index is 349. The summed E-state index contributed by atoms with van der Waals surface area (Å²) in [5.41, 5.74) is 1.31. The highest BCUT2D eigenvalue weighted by Gasteiger charge is 2.24. The molecule has 0 spiro atoms. The average Bonchev–Trinajstić information content (AvgIpc) is 2.58. The molecule has 0 aromatic heterocycles. The van der Waals surface area contributed by atoms with Crippen molar-refractivity contribution >= 4 is 0 Å². The maximum absolute atomic E-state index is 3.52. The van der Waals surface area contributed by atoms with Gasteiger partial charge in [-0.15, -0.1) is 0 Å². The highest BCUT2D eigenvalue weighted by atomic mass is 15.2. The first-order chi connectivity index (χ1) is 6.93. The highest BCUT2D eigenvalue weighted by Crippen LogP contribution is 2.21. The number of nitrogens with one attached hydrogen (secondary N) is 1. The largest absolute Gasteiger partial charge is 0.349 e. The fourth-order valence-electron chi connectivity index (χ4n) is 2.06. The van der Waals surface area contributed by atoms with Gasteiger partial charge in [0.25, 0.3) is 0 Å². The van der Waals surface area contributed by atoms with E-state index in [-0.39, 0.29) is 0 Å². The molecule has 2 heteroatoms. The van der Waals surface area contributed by atoms with Crippen LogP contribution in [0, 0.1) is 12.2 Å². The van der Waals surface area contributed by atoms with Gasteiger partial charge >= 0.3 is 0 Å². The van der Waals surface area contributed by atoms with E-state index in [9.17, 15) is 0 Å². The number of rotatable bonds is 0. The summed E-state index contributed by atoms with van der Waals surface area (Å²) in [4.78, 5) is 2.26. The van der Waals surface area contributed by atoms with Crippen molar-refractivity contribution < 1.29 is 0 Å². The molecular weight excluding hydrogens is 172 g/mol. The molecule has 2 aliphatic heterocycles. The Kier molecular flexibility index (Phi) is 1.81. The van der Waals surface area contributed by atoms with Gasteiger partial charge in [-0.2, -0.15) is 0 Å². The highest BCUT2D eigenvalue weighted by molar-refractivity contribution is 5.35. The van der Waals surface area contributed by atoms with E-state index in [1.807, 2.05) is 6.08 Å². The third-order valence-corrected chi connectivity index (χ3v) is 2.88. The van der Waals surface area contributed by atoms with Crippen molar-refractivity contribution in [1.29, 1.82) is 0 Å². The van der Waals surface area contributed by atoms with Crippen LogP contribution >= 0.6 is 0 Å². The number of nitrogens with zero attached hydrogens (tertiary/aromatic N) is 1. The summed E-state index contributed by atoms with van der Waals surface area (Å²) in [6, 6.07) is 0.897. The molecule has 2 radical (unpaired) electrons. The van der Waals surface area contributed by atoms with Gasteiger partial charge < -0.3 is 10.2 Å². The molecule has 2 atom stereocenters. The van der Waals surface area contributed by atoms with E-state index in [0.717, 1.165) is 13.0 Å². The van der Waals surface area contributed by atoms with Crippen molar-refractivity contribution in [2.24, 2.45) is 0 Å². The third-order valence-electron chi connectivity index (χ3n) is 2.88. The Morgan fingerprint density at radius 2 is 2.50 bits per heavy atom. The van der Waals surface area contributed by atoms with Crippen molar-refractivity contribution in [1.82, 2.24) is 10.2 Å². The van der Waals surface area contributed by atoms with Crippen molar-refractivity contribution in [3.05, 3.63) is 48.4 Å². The molecule has 3 rings (SSSR count). The molecule has 0 saturated heterocycles. The van der Waals surface area contributed by atoms with Crippen LogP contribution in [-0.4, -0.2) is 23.5 Å². The number of hydrogen-bond acceptors (Lipinski definition) is 2. The monoisotopic (exact) mass is 184 g/mol. The minimum absolute atomic E-state index is 0.346. The van der Waals surface area contributed by atoms with Crippen LogP contribution in [0.15, 0.2) is 36.2 Å². The summed E-state index contributed by atoms with van der Waals surface area (Å²) in [6.07, 6.45) is 17.8. The minimum atomic E-state index is 0.346. The van der Waals surface area contributed by atoms with Crippen LogP contribution in [0.2, 0.25) is 0 Å². The Morgan fingerprint density at radius 3 is 3.50 bits per heavy atom.